The van der Waals surface area contributed by atoms with Crippen LogP contribution in [0, 0.1) is 5.92 Å². The molecule has 0 aromatic carbocycles. The quantitative estimate of drug-likeness (QED) is 0.465. The molecule has 0 aliphatic carbocycles. The first-order valence-electron chi connectivity index (χ1n) is 4.73. The molecule has 0 aromatic rings. The van der Waals surface area contributed by atoms with Gasteiger partial charge in [0.15, 0.2) is 0 Å². The Hall–Kier alpha value is 0. The van der Waals surface area contributed by atoms with Gasteiger partial charge in [-0.15, -0.1) is 0 Å². The first-order chi connectivity index (χ1) is 4.73. The second kappa shape index (κ2) is 64.0. The van der Waals surface area contributed by atoms with Crippen LogP contribution in [0.2, 0.25) is 0 Å². The zero-order chi connectivity index (χ0) is 9.58. The summed E-state index contributed by atoms with van der Waals surface area (Å²) in [4.78, 5) is 0. The Balaban J connectivity index is -0.0000000262. The van der Waals surface area contributed by atoms with Gasteiger partial charge in [-0.2, -0.15) is 0 Å². The molecule has 0 atom stereocenters. The summed E-state index contributed by atoms with van der Waals surface area (Å²) in [5.41, 5.74) is 0. The Morgan fingerprint density at radius 3 is 0.500 bits per heavy atom. The summed E-state index contributed by atoms with van der Waals surface area (Å²) in [6.45, 7) is 18.5. The van der Waals surface area contributed by atoms with E-state index in [4.69, 9.17) is 0 Å². The van der Waals surface area contributed by atoms with E-state index in [1.807, 2.05) is 41.5 Å². The Bertz CT molecular complexity index is 4.75. The van der Waals surface area contributed by atoms with Gasteiger partial charge in [-0.3, -0.25) is 0 Å². The van der Waals surface area contributed by atoms with E-state index < -0.39 is 0 Å². The van der Waals surface area contributed by atoms with Gasteiger partial charge in [-0.1, -0.05) is 62.3 Å². The van der Waals surface area contributed by atoms with Crippen molar-refractivity contribution < 1.29 is 0 Å². The average molecular weight is 148 g/mol. The molecule has 0 saturated carbocycles. The lowest BCUT2D eigenvalue weighted by Gasteiger charge is -1.79. The van der Waals surface area contributed by atoms with Gasteiger partial charge in [-0.25, -0.2) is 0 Å². The third-order valence-electron chi connectivity index (χ3n) is 0. The molecule has 0 aliphatic heterocycles. The van der Waals surface area contributed by atoms with Crippen LogP contribution in [-0.4, -0.2) is 0 Å². The molecule has 0 heterocycles. The number of rotatable bonds is 0. The van der Waals surface area contributed by atoms with Gasteiger partial charge in [-0.05, 0) is 5.92 Å². The van der Waals surface area contributed by atoms with Crippen LogP contribution in [0.4, 0.5) is 0 Å². The van der Waals surface area contributed by atoms with E-state index >= 15 is 0 Å². The molecule has 0 amide bonds. The minimum atomic E-state index is 0.833. The Morgan fingerprint density at radius 2 is 0.500 bits per heavy atom. The second-order valence-electron chi connectivity index (χ2n) is 1.73. The molecule has 0 spiro atoms. The molecule has 10 heavy (non-hydrogen) atoms. The summed E-state index contributed by atoms with van der Waals surface area (Å²) in [5, 5.41) is 0. The molecular formula is C10H28. The van der Waals surface area contributed by atoms with Gasteiger partial charge < -0.3 is 0 Å². The first kappa shape index (κ1) is 22.5. The molecule has 0 bridgehead atoms. The highest BCUT2D eigenvalue weighted by Gasteiger charge is 1.68. The molecule has 0 radical (unpaired) electrons. The van der Waals surface area contributed by atoms with Crippen molar-refractivity contribution in [1.29, 1.82) is 0 Å². The highest BCUT2D eigenvalue weighted by Crippen LogP contribution is 1.81. The molecule has 0 aliphatic rings. The van der Waals surface area contributed by atoms with E-state index in [9.17, 15) is 0 Å². The Kier molecular flexibility index (Phi) is 144. The predicted molar refractivity (Wildman–Crippen MR) is 54.6 cm³/mol. The predicted octanol–water partition coefficient (Wildman–Crippen LogP) is 4.74. The van der Waals surface area contributed by atoms with Crippen LogP contribution in [0.5, 0.6) is 0 Å². The van der Waals surface area contributed by atoms with Gasteiger partial charge in [0, 0.05) is 0 Å². The van der Waals surface area contributed by atoms with Gasteiger partial charge in [0.25, 0.3) is 0 Å². The van der Waals surface area contributed by atoms with Crippen LogP contribution in [0.3, 0.4) is 0 Å². The zero-order valence-corrected chi connectivity index (χ0v) is 9.58. The molecule has 0 rings (SSSR count). The smallest absolute Gasteiger partial charge is 0.0500 e. The maximum atomic E-state index is 2.17. The molecular weight excluding hydrogens is 120 g/mol. The summed E-state index contributed by atoms with van der Waals surface area (Å²) in [7, 11) is 0. The van der Waals surface area contributed by atoms with Crippen molar-refractivity contribution in [2.45, 2.75) is 62.3 Å². The number of hydrogen-bond acceptors (Lipinski definition) is 0. The summed E-state index contributed by atoms with van der Waals surface area (Å²) in [5.74, 6) is 0.833. The van der Waals surface area contributed by atoms with Crippen molar-refractivity contribution in [3.8, 4) is 0 Å². The molecule has 0 nitrogen and oxygen atoms in total. The largest absolute Gasteiger partial charge is 0.0683 e. The molecule has 0 aromatic heterocycles. The number of hydrogen-bond donors (Lipinski definition) is 0. The van der Waals surface area contributed by atoms with Crippen molar-refractivity contribution in [1.82, 2.24) is 0 Å². The zero-order valence-electron chi connectivity index (χ0n) is 9.58. The fourth-order valence-corrected chi connectivity index (χ4v) is 0. The summed E-state index contributed by atoms with van der Waals surface area (Å²) >= 11 is 0. The van der Waals surface area contributed by atoms with Crippen LogP contribution >= 0.6 is 0 Å². The lowest BCUT2D eigenvalue weighted by molar-refractivity contribution is 0.737. The van der Waals surface area contributed by atoms with Crippen LogP contribution in [0.15, 0.2) is 0 Å². The normalized spacial score (nSPS) is 5.40. The van der Waals surface area contributed by atoms with E-state index in [1.165, 1.54) is 0 Å². The van der Waals surface area contributed by atoms with Crippen molar-refractivity contribution in [2.75, 3.05) is 0 Å². The average Bonchev–Trinajstić information content (AvgIpc) is 1.98. The maximum Gasteiger partial charge on any atom is -0.0500 e. The van der Waals surface area contributed by atoms with E-state index in [-0.39, 0.29) is 0 Å². The SMILES string of the molecule is CC.CC.CC.CC(C)C. The second-order valence-corrected chi connectivity index (χ2v) is 1.73. The topological polar surface area (TPSA) is 0 Å². The highest BCUT2D eigenvalue weighted by molar-refractivity contribution is 4.20. The first-order valence-corrected chi connectivity index (χ1v) is 4.73. The Morgan fingerprint density at radius 1 is 0.500 bits per heavy atom. The molecule has 0 heteroatoms. The molecule has 0 N–H and O–H groups in total. The minimum absolute atomic E-state index is 0.833. The van der Waals surface area contributed by atoms with E-state index in [2.05, 4.69) is 20.8 Å². The third-order valence-corrected chi connectivity index (χ3v) is 0. The molecule has 68 valence electrons. The molecule has 0 fully saturated rings. The van der Waals surface area contributed by atoms with Crippen LogP contribution in [0.25, 0.3) is 0 Å². The van der Waals surface area contributed by atoms with E-state index in [1.54, 1.807) is 0 Å². The molecule has 0 unspecified atom stereocenters. The van der Waals surface area contributed by atoms with Crippen LogP contribution < -0.4 is 0 Å². The van der Waals surface area contributed by atoms with E-state index in [0.717, 1.165) is 5.92 Å². The Labute approximate surface area is 69.0 Å². The third kappa shape index (κ3) is 0. The van der Waals surface area contributed by atoms with Gasteiger partial charge in [0.1, 0.15) is 0 Å². The lowest BCUT2D eigenvalue weighted by Crippen LogP contribution is -1.66. The van der Waals surface area contributed by atoms with Crippen molar-refractivity contribution in [3.05, 3.63) is 0 Å². The van der Waals surface area contributed by atoms with Gasteiger partial charge in [0.2, 0.25) is 0 Å². The van der Waals surface area contributed by atoms with E-state index in [0.29, 0.717) is 0 Å². The van der Waals surface area contributed by atoms with Gasteiger partial charge in [0.05, 0.1) is 0 Å². The standard InChI is InChI=1S/C4H10.3C2H6/c1-4(2)3;3*1-2/h4H,1-3H3;3*1-2H3. The fourth-order valence-electron chi connectivity index (χ4n) is 0. The highest BCUT2D eigenvalue weighted by atomic mass is 13.7. The molecule has 0 saturated heterocycles. The monoisotopic (exact) mass is 148 g/mol. The maximum absolute atomic E-state index is 2.17. The summed E-state index contributed by atoms with van der Waals surface area (Å²) < 4.78 is 0. The minimum Gasteiger partial charge on any atom is -0.0683 e. The fraction of sp³-hybridized carbons (Fsp3) is 1.00. The van der Waals surface area contributed by atoms with Crippen molar-refractivity contribution in [2.24, 2.45) is 5.92 Å². The summed E-state index contributed by atoms with van der Waals surface area (Å²) in [6, 6.07) is 0. The lowest BCUT2D eigenvalue weighted by atomic mass is 10.3. The van der Waals surface area contributed by atoms with Crippen molar-refractivity contribution >= 4 is 0 Å². The van der Waals surface area contributed by atoms with Crippen molar-refractivity contribution in [3.63, 3.8) is 0 Å². The summed E-state index contributed by atoms with van der Waals surface area (Å²) in [6.07, 6.45) is 0. The van der Waals surface area contributed by atoms with Crippen LogP contribution in [0.1, 0.15) is 62.3 Å². The van der Waals surface area contributed by atoms with Crippen LogP contribution in [-0.2, 0) is 0 Å². The van der Waals surface area contributed by atoms with Gasteiger partial charge >= 0.3 is 0 Å².